The number of halogens is 1. The van der Waals surface area contributed by atoms with E-state index in [0.717, 1.165) is 23.9 Å². The molecule has 0 bridgehead atoms. The van der Waals surface area contributed by atoms with Crippen LogP contribution in [0, 0.1) is 0 Å². The molecule has 1 aromatic carbocycles. The topological polar surface area (TPSA) is 45.7 Å². The first-order chi connectivity index (χ1) is 10.4. The Kier molecular flexibility index (Phi) is 5.70. The Hall–Kier alpha value is -1.26. The van der Waals surface area contributed by atoms with Crippen molar-refractivity contribution in [1.82, 2.24) is 10.6 Å². The molecular weight excluding hydrogens is 298 g/mol. The monoisotopic (exact) mass is 323 g/mol. The molecule has 1 fully saturated rings. The quantitative estimate of drug-likeness (QED) is 0.624. The fourth-order valence-electron chi connectivity index (χ4n) is 2.29. The molecule has 0 aromatic heterocycles. The third-order valence-electron chi connectivity index (χ3n) is 3.90. The summed E-state index contributed by atoms with van der Waals surface area (Å²) in [6.45, 7) is 7.60. The van der Waals surface area contributed by atoms with Crippen molar-refractivity contribution in [3.8, 4) is 0 Å². The Labute approximate surface area is 138 Å². The lowest BCUT2D eigenvalue weighted by molar-refractivity contribution is 0.0310. The van der Waals surface area contributed by atoms with Gasteiger partial charge in [-0.25, -0.2) is 0 Å². The second-order valence-corrected chi connectivity index (χ2v) is 6.74. The number of hydrogen-bond acceptors (Lipinski definition) is 2. The van der Waals surface area contributed by atoms with Gasteiger partial charge in [-0.2, -0.15) is 0 Å². The number of nitrogens with zero attached hydrogens (tertiary/aromatic N) is 1. The molecule has 0 amide bonds. The van der Waals surface area contributed by atoms with Crippen LogP contribution < -0.4 is 10.6 Å². The highest BCUT2D eigenvalue weighted by Gasteiger charge is 2.39. The average Bonchev–Trinajstić information content (AvgIpc) is 3.24. The lowest BCUT2D eigenvalue weighted by atomic mass is 10.1. The van der Waals surface area contributed by atoms with E-state index >= 15 is 0 Å². The number of nitrogens with one attached hydrogen (secondary N) is 2. The largest absolute Gasteiger partial charge is 0.377 e. The third-order valence-corrected chi connectivity index (χ3v) is 4.14. The minimum atomic E-state index is -0.252. The molecule has 1 aliphatic carbocycles. The molecule has 0 radical (unpaired) electrons. The molecule has 0 heterocycles. The Morgan fingerprint density at radius 2 is 2.23 bits per heavy atom. The summed E-state index contributed by atoms with van der Waals surface area (Å²) in [7, 11) is 1.71. The van der Waals surface area contributed by atoms with E-state index in [4.69, 9.17) is 16.3 Å². The summed E-state index contributed by atoms with van der Waals surface area (Å²) in [6.07, 6.45) is 1.11. The van der Waals surface area contributed by atoms with Crippen LogP contribution in [0.2, 0.25) is 5.02 Å². The van der Waals surface area contributed by atoms with Crippen LogP contribution in [-0.4, -0.2) is 37.8 Å². The van der Waals surface area contributed by atoms with E-state index in [9.17, 15) is 0 Å². The summed E-state index contributed by atoms with van der Waals surface area (Å²) in [4.78, 5) is 4.63. The van der Waals surface area contributed by atoms with Gasteiger partial charge in [-0.3, -0.25) is 4.99 Å². The van der Waals surface area contributed by atoms with Crippen molar-refractivity contribution in [3.05, 3.63) is 34.9 Å². The molecule has 2 N–H and O–H groups in total. The van der Waals surface area contributed by atoms with Crippen molar-refractivity contribution in [1.29, 1.82) is 0 Å². The minimum Gasteiger partial charge on any atom is -0.377 e. The number of hydrogen-bond donors (Lipinski definition) is 2. The molecule has 0 spiro atoms. The number of aliphatic imine (C=N–C) groups is 1. The molecule has 0 aliphatic heterocycles. The first kappa shape index (κ1) is 17.1. The first-order valence-electron chi connectivity index (χ1n) is 7.80. The van der Waals surface area contributed by atoms with Crippen LogP contribution in [0.15, 0.2) is 29.3 Å². The predicted octanol–water partition coefficient (Wildman–Crippen LogP) is 3.18. The number of methoxy groups -OCH3 is 1. The van der Waals surface area contributed by atoms with E-state index in [-0.39, 0.29) is 5.60 Å². The number of rotatable bonds is 6. The molecule has 2 unspecified atom stereocenters. The van der Waals surface area contributed by atoms with E-state index in [1.54, 1.807) is 7.11 Å². The van der Waals surface area contributed by atoms with Crippen LogP contribution in [0.1, 0.15) is 38.7 Å². The lowest BCUT2D eigenvalue weighted by Gasteiger charge is -2.21. The summed E-state index contributed by atoms with van der Waals surface area (Å²) in [6, 6.07) is 8.52. The Morgan fingerprint density at radius 3 is 2.86 bits per heavy atom. The van der Waals surface area contributed by atoms with E-state index in [1.165, 1.54) is 5.56 Å². The van der Waals surface area contributed by atoms with Crippen molar-refractivity contribution >= 4 is 17.6 Å². The van der Waals surface area contributed by atoms with E-state index in [0.29, 0.717) is 18.5 Å². The van der Waals surface area contributed by atoms with Gasteiger partial charge in [0.05, 0.1) is 12.1 Å². The van der Waals surface area contributed by atoms with Crippen LogP contribution in [0.5, 0.6) is 0 Å². The van der Waals surface area contributed by atoms with Gasteiger partial charge < -0.3 is 15.4 Å². The summed E-state index contributed by atoms with van der Waals surface area (Å²) >= 11 is 6.07. The fraction of sp³-hybridized carbons (Fsp3) is 0.588. The second kappa shape index (κ2) is 7.34. The van der Waals surface area contributed by atoms with Gasteiger partial charge in [0.1, 0.15) is 0 Å². The number of ether oxygens (including phenoxy) is 1. The molecular formula is C17H26ClN3O. The lowest BCUT2D eigenvalue weighted by Crippen LogP contribution is -2.40. The van der Waals surface area contributed by atoms with Gasteiger partial charge in [0, 0.05) is 30.6 Å². The van der Waals surface area contributed by atoms with Gasteiger partial charge >= 0.3 is 0 Å². The summed E-state index contributed by atoms with van der Waals surface area (Å²) in [5, 5.41) is 7.58. The molecule has 2 rings (SSSR count). The van der Waals surface area contributed by atoms with Crippen molar-refractivity contribution in [2.45, 2.75) is 44.8 Å². The molecule has 5 heteroatoms. The third kappa shape index (κ3) is 4.89. The van der Waals surface area contributed by atoms with Crippen molar-refractivity contribution in [2.75, 3.05) is 20.2 Å². The zero-order valence-corrected chi connectivity index (χ0v) is 14.6. The zero-order valence-electron chi connectivity index (χ0n) is 13.8. The Balaban J connectivity index is 1.94. The van der Waals surface area contributed by atoms with E-state index in [1.807, 2.05) is 32.0 Å². The Bertz CT molecular complexity index is 530. The van der Waals surface area contributed by atoms with Crippen LogP contribution >= 0.6 is 11.6 Å². The number of guanidine groups is 1. The maximum absolute atomic E-state index is 6.07. The standard InChI is InChI=1S/C17H26ClN3O/c1-5-19-16(20-11-17(2,3)22-4)21-15-10-14(15)12-7-6-8-13(18)9-12/h6-9,14-15H,5,10-11H2,1-4H3,(H2,19,20,21). The van der Waals surface area contributed by atoms with Crippen molar-refractivity contribution in [2.24, 2.45) is 4.99 Å². The van der Waals surface area contributed by atoms with Crippen LogP contribution in [0.3, 0.4) is 0 Å². The normalized spacial score (nSPS) is 21.6. The summed E-state index contributed by atoms with van der Waals surface area (Å²) in [5.41, 5.74) is 1.04. The van der Waals surface area contributed by atoms with Gasteiger partial charge in [-0.1, -0.05) is 23.7 Å². The molecule has 0 saturated heterocycles. The molecule has 1 aliphatic rings. The van der Waals surface area contributed by atoms with E-state index < -0.39 is 0 Å². The van der Waals surface area contributed by atoms with Gasteiger partial charge in [0.15, 0.2) is 5.96 Å². The Morgan fingerprint density at radius 1 is 1.45 bits per heavy atom. The maximum atomic E-state index is 6.07. The molecule has 1 aromatic rings. The average molecular weight is 324 g/mol. The van der Waals surface area contributed by atoms with Gasteiger partial charge in [0.2, 0.25) is 0 Å². The summed E-state index contributed by atoms with van der Waals surface area (Å²) in [5.74, 6) is 1.36. The smallest absolute Gasteiger partial charge is 0.191 e. The second-order valence-electron chi connectivity index (χ2n) is 6.31. The van der Waals surface area contributed by atoms with Crippen LogP contribution in [-0.2, 0) is 4.74 Å². The van der Waals surface area contributed by atoms with Crippen LogP contribution in [0.25, 0.3) is 0 Å². The predicted molar refractivity (Wildman–Crippen MR) is 92.8 cm³/mol. The molecule has 4 nitrogen and oxygen atoms in total. The number of benzene rings is 1. The van der Waals surface area contributed by atoms with Gasteiger partial charge in [0.25, 0.3) is 0 Å². The van der Waals surface area contributed by atoms with Gasteiger partial charge in [-0.15, -0.1) is 0 Å². The SMILES string of the molecule is CCNC(=NCC(C)(C)OC)NC1CC1c1cccc(Cl)c1. The van der Waals surface area contributed by atoms with E-state index in [2.05, 4.69) is 28.6 Å². The highest BCUT2D eigenvalue weighted by atomic mass is 35.5. The van der Waals surface area contributed by atoms with Crippen molar-refractivity contribution in [3.63, 3.8) is 0 Å². The maximum Gasteiger partial charge on any atom is 0.191 e. The molecule has 1 saturated carbocycles. The molecule has 22 heavy (non-hydrogen) atoms. The minimum absolute atomic E-state index is 0.252. The van der Waals surface area contributed by atoms with Crippen molar-refractivity contribution < 1.29 is 4.74 Å². The summed E-state index contributed by atoms with van der Waals surface area (Å²) < 4.78 is 5.41. The highest BCUT2D eigenvalue weighted by molar-refractivity contribution is 6.30. The highest BCUT2D eigenvalue weighted by Crippen LogP contribution is 2.41. The van der Waals surface area contributed by atoms with Gasteiger partial charge in [-0.05, 0) is 44.9 Å². The first-order valence-corrected chi connectivity index (χ1v) is 8.18. The zero-order chi connectivity index (χ0) is 16.2. The van der Waals surface area contributed by atoms with Crippen LogP contribution in [0.4, 0.5) is 0 Å². The molecule has 122 valence electrons. The molecule has 2 atom stereocenters. The fourth-order valence-corrected chi connectivity index (χ4v) is 2.49.